The molecule has 1 unspecified atom stereocenters. The lowest BCUT2D eigenvalue weighted by atomic mass is 9.92. The van der Waals surface area contributed by atoms with E-state index in [0.29, 0.717) is 17.9 Å². The molecule has 1 saturated heterocycles. The quantitative estimate of drug-likeness (QED) is 0.599. The molecular formula is C10H20NO+. The largest absolute Gasteiger partial charge is 0.330 e. The van der Waals surface area contributed by atoms with E-state index in [0.717, 1.165) is 13.0 Å². The molecule has 0 amide bonds. The normalized spacial score (nSPS) is 37.4. The van der Waals surface area contributed by atoms with Crippen molar-refractivity contribution < 1.29 is 9.69 Å². The minimum atomic E-state index is 0.276. The average Bonchev–Trinajstić information content (AvgIpc) is 1.96. The molecule has 0 aliphatic carbocycles. The second kappa shape index (κ2) is 3.56. The van der Waals surface area contributed by atoms with E-state index in [9.17, 15) is 4.79 Å². The molecule has 0 radical (unpaired) electrons. The van der Waals surface area contributed by atoms with Gasteiger partial charge in [0.25, 0.3) is 0 Å². The lowest BCUT2D eigenvalue weighted by Gasteiger charge is -2.35. The first kappa shape index (κ1) is 9.72. The minimum absolute atomic E-state index is 0.276. The summed E-state index contributed by atoms with van der Waals surface area (Å²) in [4.78, 5) is 12.9. The number of hydrogen-bond acceptors (Lipinski definition) is 1. The molecule has 1 aliphatic rings. The summed E-state index contributed by atoms with van der Waals surface area (Å²) in [6, 6.07) is 1.17. The highest BCUT2D eigenvalue weighted by molar-refractivity contribution is 5.81. The zero-order valence-electron chi connectivity index (χ0n) is 8.55. The highest BCUT2D eigenvalue weighted by atomic mass is 16.1. The number of likely N-dealkylation sites (tertiary alicyclic amines) is 1. The van der Waals surface area contributed by atoms with Crippen molar-refractivity contribution in [2.45, 2.75) is 46.2 Å². The first-order valence-corrected chi connectivity index (χ1v) is 4.90. The molecule has 1 rings (SSSR count). The second-order valence-electron chi connectivity index (χ2n) is 4.41. The molecule has 0 bridgehead atoms. The molecule has 1 N–H and O–H groups in total. The summed E-state index contributed by atoms with van der Waals surface area (Å²) in [6.07, 6.45) is 0.772. The van der Waals surface area contributed by atoms with Crippen molar-refractivity contribution in [3.05, 3.63) is 0 Å². The highest BCUT2D eigenvalue weighted by Gasteiger charge is 2.33. The monoisotopic (exact) mass is 170 g/mol. The molecular weight excluding hydrogens is 150 g/mol. The van der Waals surface area contributed by atoms with E-state index in [1.807, 2.05) is 0 Å². The molecule has 0 saturated carbocycles. The van der Waals surface area contributed by atoms with Crippen LogP contribution >= 0.6 is 0 Å². The second-order valence-corrected chi connectivity index (χ2v) is 4.41. The van der Waals surface area contributed by atoms with Gasteiger partial charge in [-0.3, -0.25) is 4.79 Å². The standard InChI is InChI=1S/C10H19NO/c1-7(2)11-6-8(3)10(12)5-9(11)4/h7-9H,5-6H2,1-4H3/p+1/t8-,9+/m1/s1. The summed E-state index contributed by atoms with van der Waals surface area (Å²) in [5.41, 5.74) is 0. The molecule has 1 heterocycles. The van der Waals surface area contributed by atoms with Crippen LogP contribution in [0.25, 0.3) is 0 Å². The van der Waals surface area contributed by atoms with Crippen molar-refractivity contribution in [2.75, 3.05) is 6.54 Å². The van der Waals surface area contributed by atoms with Gasteiger partial charge in [-0.25, -0.2) is 0 Å². The SMILES string of the molecule is CC(C)[NH+]1C[C@@H](C)C(=O)C[C@@H]1C. The fourth-order valence-corrected chi connectivity index (χ4v) is 2.11. The number of hydrogen-bond donors (Lipinski definition) is 1. The van der Waals surface area contributed by atoms with Crippen LogP contribution in [-0.2, 0) is 4.79 Å². The van der Waals surface area contributed by atoms with Gasteiger partial charge < -0.3 is 4.90 Å². The van der Waals surface area contributed by atoms with Crippen molar-refractivity contribution in [1.82, 2.24) is 0 Å². The van der Waals surface area contributed by atoms with E-state index < -0.39 is 0 Å². The average molecular weight is 170 g/mol. The van der Waals surface area contributed by atoms with Crippen LogP contribution in [0.1, 0.15) is 34.1 Å². The number of quaternary nitrogens is 1. The molecule has 1 fully saturated rings. The summed E-state index contributed by atoms with van der Waals surface area (Å²) in [6.45, 7) is 9.72. The maximum Gasteiger partial charge on any atom is 0.147 e. The number of nitrogens with one attached hydrogen (secondary N) is 1. The van der Waals surface area contributed by atoms with Crippen LogP contribution in [0, 0.1) is 5.92 Å². The van der Waals surface area contributed by atoms with Gasteiger partial charge in [-0.15, -0.1) is 0 Å². The van der Waals surface area contributed by atoms with Crippen molar-refractivity contribution in [3.8, 4) is 0 Å². The van der Waals surface area contributed by atoms with Gasteiger partial charge in [-0.05, 0) is 20.8 Å². The molecule has 70 valence electrons. The molecule has 12 heavy (non-hydrogen) atoms. The van der Waals surface area contributed by atoms with Gasteiger partial charge in [0.1, 0.15) is 5.78 Å². The van der Waals surface area contributed by atoms with Gasteiger partial charge in [-0.1, -0.05) is 6.92 Å². The number of rotatable bonds is 1. The molecule has 0 aromatic rings. The van der Waals surface area contributed by atoms with Gasteiger partial charge >= 0.3 is 0 Å². The van der Waals surface area contributed by atoms with Gasteiger partial charge in [0.05, 0.1) is 31.0 Å². The Kier molecular flexibility index (Phi) is 2.89. The summed E-state index contributed by atoms with van der Waals surface area (Å²) in [5.74, 6) is 0.727. The number of carbonyl (C=O) groups excluding carboxylic acids is 1. The fourth-order valence-electron chi connectivity index (χ4n) is 2.11. The van der Waals surface area contributed by atoms with Crippen LogP contribution in [-0.4, -0.2) is 24.4 Å². The Morgan fingerprint density at radius 2 is 2.00 bits per heavy atom. The van der Waals surface area contributed by atoms with Crippen LogP contribution in [0.15, 0.2) is 0 Å². The Bertz CT molecular complexity index is 177. The van der Waals surface area contributed by atoms with Crippen molar-refractivity contribution in [3.63, 3.8) is 0 Å². The zero-order chi connectivity index (χ0) is 9.30. The number of carbonyl (C=O) groups is 1. The van der Waals surface area contributed by atoms with E-state index >= 15 is 0 Å². The Labute approximate surface area is 74.9 Å². The lowest BCUT2D eigenvalue weighted by Crippen LogP contribution is -3.20. The van der Waals surface area contributed by atoms with Crippen LogP contribution in [0.4, 0.5) is 0 Å². The van der Waals surface area contributed by atoms with Crippen molar-refractivity contribution >= 4 is 5.78 Å². The maximum atomic E-state index is 11.4. The predicted molar refractivity (Wildman–Crippen MR) is 49.2 cm³/mol. The summed E-state index contributed by atoms with van der Waals surface area (Å²) in [7, 11) is 0. The van der Waals surface area contributed by atoms with E-state index in [1.54, 1.807) is 4.90 Å². The number of piperidine rings is 1. The number of ketones is 1. The zero-order valence-corrected chi connectivity index (χ0v) is 8.55. The Morgan fingerprint density at radius 1 is 1.42 bits per heavy atom. The first-order valence-electron chi connectivity index (χ1n) is 4.90. The third-order valence-corrected chi connectivity index (χ3v) is 2.97. The van der Waals surface area contributed by atoms with Crippen LogP contribution < -0.4 is 4.90 Å². The van der Waals surface area contributed by atoms with E-state index in [2.05, 4.69) is 27.7 Å². The third kappa shape index (κ3) is 1.86. The Hall–Kier alpha value is -0.370. The molecule has 0 aromatic heterocycles. The van der Waals surface area contributed by atoms with Gasteiger partial charge in [-0.2, -0.15) is 0 Å². The van der Waals surface area contributed by atoms with Crippen LogP contribution in [0.5, 0.6) is 0 Å². The minimum Gasteiger partial charge on any atom is -0.330 e. The smallest absolute Gasteiger partial charge is 0.147 e. The van der Waals surface area contributed by atoms with Crippen molar-refractivity contribution in [2.24, 2.45) is 5.92 Å². The molecule has 2 heteroatoms. The van der Waals surface area contributed by atoms with Gasteiger partial charge in [0, 0.05) is 0 Å². The van der Waals surface area contributed by atoms with E-state index in [4.69, 9.17) is 0 Å². The fraction of sp³-hybridized carbons (Fsp3) is 0.900. The highest BCUT2D eigenvalue weighted by Crippen LogP contribution is 2.06. The molecule has 2 nitrogen and oxygen atoms in total. The molecule has 0 spiro atoms. The van der Waals surface area contributed by atoms with Crippen LogP contribution in [0.3, 0.4) is 0 Å². The van der Waals surface area contributed by atoms with Crippen LogP contribution in [0.2, 0.25) is 0 Å². The van der Waals surface area contributed by atoms with Gasteiger partial charge in [0.15, 0.2) is 0 Å². The topological polar surface area (TPSA) is 21.5 Å². The maximum absolute atomic E-state index is 11.4. The van der Waals surface area contributed by atoms with E-state index in [-0.39, 0.29) is 5.92 Å². The summed E-state index contributed by atoms with van der Waals surface area (Å²) in [5, 5.41) is 0. The molecule has 3 atom stereocenters. The third-order valence-electron chi connectivity index (χ3n) is 2.97. The molecule has 0 aromatic carbocycles. The Balaban J connectivity index is 2.61. The molecule has 1 aliphatic heterocycles. The predicted octanol–water partition coefficient (Wildman–Crippen LogP) is 0.277. The number of Topliss-reactive ketones (excluding diaryl/α,β-unsaturated/α-hetero) is 1. The van der Waals surface area contributed by atoms with Gasteiger partial charge in [0.2, 0.25) is 0 Å². The Morgan fingerprint density at radius 3 is 2.50 bits per heavy atom. The van der Waals surface area contributed by atoms with E-state index in [1.165, 1.54) is 0 Å². The first-order chi connectivity index (χ1) is 5.52. The summed E-state index contributed by atoms with van der Waals surface area (Å²) < 4.78 is 0. The summed E-state index contributed by atoms with van der Waals surface area (Å²) >= 11 is 0. The lowest BCUT2D eigenvalue weighted by molar-refractivity contribution is -0.948. The van der Waals surface area contributed by atoms with Crippen molar-refractivity contribution in [1.29, 1.82) is 0 Å².